The number of nitrogens with zero attached hydrogens (tertiary/aromatic N) is 2. The fourth-order valence-corrected chi connectivity index (χ4v) is 5.52. The second kappa shape index (κ2) is 6.85. The minimum absolute atomic E-state index is 0.0540. The Hall–Kier alpha value is -1.85. The molecule has 4 fully saturated rings. The normalized spacial score (nSPS) is 28.9. The van der Waals surface area contributed by atoms with Crippen LogP contribution in [0.1, 0.15) is 68.6 Å². The van der Waals surface area contributed by atoms with Crippen LogP contribution in [0.15, 0.2) is 23.0 Å². The Bertz CT molecular complexity index is 965. The number of allylic oxidation sites excluding steroid dienone is 1. The summed E-state index contributed by atoms with van der Waals surface area (Å²) < 4.78 is 5.73. The van der Waals surface area contributed by atoms with Crippen LogP contribution in [0.3, 0.4) is 0 Å². The molecule has 0 aliphatic heterocycles. The van der Waals surface area contributed by atoms with Crippen LogP contribution in [0.25, 0.3) is 17.3 Å². The number of rotatable bonds is 5. The first-order valence-electron chi connectivity index (χ1n) is 10.1. The minimum atomic E-state index is -0.630. The van der Waals surface area contributed by atoms with Crippen molar-refractivity contribution < 1.29 is 14.4 Å². The Morgan fingerprint density at radius 3 is 2.28 bits per heavy atom. The predicted octanol–water partition coefficient (Wildman–Crippen LogP) is 6.36. The zero-order valence-corrected chi connectivity index (χ0v) is 17.5. The number of halogens is 2. The maximum absolute atomic E-state index is 11.7. The van der Waals surface area contributed by atoms with Gasteiger partial charge in [0.05, 0.1) is 15.5 Å². The van der Waals surface area contributed by atoms with Gasteiger partial charge in [-0.15, -0.1) is 0 Å². The molecule has 0 saturated heterocycles. The van der Waals surface area contributed by atoms with Gasteiger partial charge in [0.1, 0.15) is 11.5 Å². The summed E-state index contributed by atoms with van der Waals surface area (Å²) in [6.07, 6.45) is 14.7. The highest BCUT2D eigenvalue weighted by molar-refractivity contribution is 6.39. The molecule has 6 rings (SSSR count). The van der Waals surface area contributed by atoms with Crippen molar-refractivity contribution in [3.05, 3.63) is 39.8 Å². The molecule has 2 bridgehead atoms. The first-order valence-corrected chi connectivity index (χ1v) is 10.9. The topological polar surface area (TPSA) is 76.2 Å². The highest BCUT2D eigenvalue weighted by atomic mass is 35.5. The zero-order valence-electron chi connectivity index (χ0n) is 16.0. The molecule has 1 N–H and O–H groups in total. The second-order valence-corrected chi connectivity index (χ2v) is 9.66. The van der Waals surface area contributed by atoms with Gasteiger partial charge in [0.15, 0.2) is 0 Å². The Morgan fingerprint density at radius 2 is 1.72 bits per heavy atom. The van der Waals surface area contributed by atoms with E-state index in [1.165, 1.54) is 0 Å². The fraction of sp³-hybridized carbons (Fsp3) is 0.500. The van der Waals surface area contributed by atoms with Crippen LogP contribution in [0.4, 0.5) is 0 Å². The van der Waals surface area contributed by atoms with Crippen molar-refractivity contribution in [2.24, 2.45) is 10.8 Å². The molecule has 2 heterocycles. The van der Waals surface area contributed by atoms with Crippen LogP contribution in [0, 0.1) is 10.8 Å². The van der Waals surface area contributed by atoms with Gasteiger partial charge in [-0.05, 0) is 56.8 Å². The summed E-state index contributed by atoms with van der Waals surface area (Å²) in [5, 5.41) is 14.8. The van der Waals surface area contributed by atoms with E-state index in [0.29, 0.717) is 27.2 Å². The van der Waals surface area contributed by atoms with E-state index >= 15 is 0 Å². The van der Waals surface area contributed by atoms with E-state index in [0.717, 1.165) is 62.7 Å². The lowest BCUT2D eigenvalue weighted by molar-refractivity contribution is -0.157. The van der Waals surface area contributed by atoms with E-state index in [1.54, 1.807) is 12.4 Å². The molecule has 0 radical (unpaired) electrons. The molecule has 5 nitrogen and oxygen atoms in total. The molecule has 7 heteroatoms. The van der Waals surface area contributed by atoms with E-state index in [9.17, 15) is 9.90 Å². The number of aromatic nitrogens is 2. The Labute approximate surface area is 179 Å². The first kappa shape index (κ1) is 19.1. The molecule has 0 aromatic carbocycles. The molecule has 0 spiro atoms. The Kier molecular flexibility index (Phi) is 4.52. The maximum atomic E-state index is 11.7. The lowest BCUT2D eigenvalue weighted by atomic mass is 9.53. The van der Waals surface area contributed by atoms with E-state index in [2.05, 4.69) is 22.3 Å². The monoisotopic (exact) mass is 432 g/mol. The summed E-state index contributed by atoms with van der Waals surface area (Å²) in [4.78, 5) is 15.7. The third kappa shape index (κ3) is 3.19. The second-order valence-electron chi connectivity index (χ2n) is 8.84. The number of pyridine rings is 1. The van der Waals surface area contributed by atoms with Gasteiger partial charge in [-0.1, -0.05) is 40.5 Å². The molecule has 0 atom stereocenters. The van der Waals surface area contributed by atoms with Crippen molar-refractivity contribution >= 4 is 35.2 Å². The van der Waals surface area contributed by atoms with Crippen molar-refractivity contribution in [3.63, 3.8) is 0 Å². The summed E-state index contributed by atoms with van der Waals surface area (Å²) in [5.41, 5.74) is 1.79. The molecular weight excluding hydrogens is 411 g/mol. The van der Waals surface area contributed by atoms with Gasteiger partial charge in [0.2, 0.25) is 0 Å². The van der Waals surface area contributed by atoms with Crippen molar-refractivity contribution in [2.75, 3.05) is 0 Å². The first-order chi connectivity index (χ1) is 13.9. The van der Waals surface area contributed by atoms with Crippen LogP contribution in [-0.2, 0) is 4.79 Å². The molecule has 4 aliphatic rings. The summed E-state index contributed by atoms with van der Waals surface area (Å²) in [7, 11) is 0. The third-order valence-electron chi connectivity index (χ3n) is 7.16. The molecule has 152 valence electrons. The molecule has 4 aliphatic carbocycles. The van der Waals surface area contributed by atoms with Gasteiger partial charge in [-0.3, -0.25) is 9.78 Å². The van der Waals surface area contributed by atoms with Crippen LogP contribution >= 0.6 is 23.2 Å². The van der Waals surface area contributed by atoms with Gasteiger partial charge in [-0.2, -0.15) is 0 Å². The minimum Gasteiger partial charge on any atom is -0.481 e. The number of carboxylic acids is 1. The molecule has 4 saturated carbocycles. The van der Waals surface area contributed by atoms with Crippen molar-refractivity contribution in [3.8, 4) is 11.3 Å². The largest absolute Gasteiger partial charge is 0.481 e. The lowest BCUT2D eigenvalue weighted by Gasteiger charge is -2.50. The van der Waals surface area contributed by atoms with Crippen molar-refractivity contribution in [1.29, 1.82) is 0 Å². The maximum Gasteiger partial charge on any atom is 0.309 e. The zero-order chi connectivity index (χ0) is 20.2. The third-order valence-corrected chi connectivity index (χ3v) is 7.73. The van der Waals surface area contributed by atoms with E-state index in [1.807, 2.05) is 0 Å². The van der Waals surface area contributed by atoms with E-state index < -0.39 is 11.4 Å². The highest BCUT2D eigenvalue weighted by Gasteiger charge is 2.51. The fourth-order valence-electron chi connectivity index (χ4n) is 4.97. The molecule has 29 heavy (non-hydrogen) atoms. The number of aliphatic carboxylic acids is 1. The summed E-state index contributed by atoms with van der Waals surface area (Å²) in [6.45, 7) is 0. The smallest absolute Gasteiger partial charge is 0.309 e. The van der Waals surface area contributed by atoms with E-state index in [4.69, 9.17) is 27.7 Å². The molecular formula is C22H22Cl2N2O3. The van der Waals surface area contributed by atoms with Gasteiger partial charge in [0.25, 0.3) is 0 Å². The average Bonchev–Trinajstić information content (AvgIpc) is 3.48. The van der Waals surface area contributed by atoms with Crippen LogP contribution in [-0.4, -0.2) is 21.2 Å². The van der Waals surface area contributed by atoms with Crippen molar-refractivity contribution in [1.82, 2.24) is 10.1 Å². The summed E-state index contributed by atoms with van der Waals surface area (Å²) >= 11 is 12.8. The van der Waals surface area contributed by atoms with Gasteiger partial charge in [-0.25, -0.2) is 0 Å². The summed E-state index contributed by atoms with van der Waals surface area (Å²) in [6, 6.07) is 0. The highest BCUT2D eigenvalue weighted by Crippen LogP contribution is 2.58. The molecule has 2 aromatic rings. The van der Waals surface area contributed by atoms with Gasteiger partial charge in [0, 0.05) is 29.4 Å². The number of hydrogen-bond donors (Lipinski definition) is 1. The molecule has 0 unspecified atom stereocenters. The quantitative estimate of drug-likeness (QED) is 0.594. The number of fused-ring (bicyclic) bond motifs is 3. The molecule has 0 amide bonds. The van der Waals surface area contributed by atoms with E-state index in [-0.39, 0.29) is 5.41 Å². The number of carboxylic acid groups (broad SMARTS) is 1. The van der Waals surface area contributed by atoms with Gasteiger partial charge >= 0.3 is 5.97 Å². The lowest BCUT2D eigenvalue weighted by Crippen LogP contribution is -2.45. The number of hydrogen-bond acceptors (Lipinski definition) is 4. The van der Waals surface area contributed by atoms with Crippen molar-refractivity contribution in [2.45, 2.75) is 57.3 Å². The Morgan fingerprint density at radius 1 is 1.10 bits per heavy atom. The number of carbonyl (C=O) groups is 1. The van der Waals surface area contributed by atoms with Crippen LogP contribution < -0.4 is 0 Å². The molecule has 2 aromatic heterocycles. The SMILES string of the molecule is O=C(O)C12CCC(C=Cc3c(-c4c(Cl)cncc4Cl)noc3C3CC3)(CC1)CC2. The summed E-state index contributed by atoms with van der Waals surface area (Å²) in [5.74, 6) is 0.655. The van der Waals surface area contributed by atoms with Gasteiger partial charge < -0.3 is 9.63 Å². The van der Waals surface area contributed by atoms with Crippen LogP contribution in [0.2, 0.25) is 10.0 Å². The van der Waals surface area contributed by atoms with Crippen LogP contribution in [0.5, 0.6) is 0 Å². The Balaban J connectivity index is 1.51. The average molecular weight is 433 g/mol. The standard InChI is InChI=1S/C22H22Cl2N2O3/c23-15-11-25-12-16(24)17(15)18-14(19(29-26-18)13-1-2-13)3-4-21-5-8-22(9-6-21,10-7-21)20(27)28/h3-4,11-13H,1-2,5-10H2,(H,27,28). The predicted molar refractivity (Wildman–Crippen MR) is 111 cm³/mol.